The predicted molar refractivity (Wildman–Crippen MR) is 105 cm³/mol. The van der Waals surface area contributed by atoms with Gasteiger partial charge in [-0.25, -0.2) is 13.1 Å². The molecule has 0 aliphatic carbocycles. The lowest BCUT2D eigenvalue weighted by atomic mass is 10.1. The summed E-state index contributed by atoms with van der Waals surface area (Å²) in [4.78, 5) is 13.7. The molecule has 1 N–H and O–H groups in total. The lowest BCUT2D eigenvalue weighted by molar-refractivity contribution is -0.129. The molecule has 0 saturated carbocycles. The molecule has 27 heavy (non-hydrogen) atoms. The Morgan fingerprint density at radius 2 is 1.74 bits per heavy atom. The highest BCUT2D eigenvalue weighted by Crippen LogP contribution is 2.15. The number of aryl methyl sites for hydroxylation is 2. The average Bonchev–Trinajstić information content (AvgIpc) is 2.63. The van der Waals surface area contributed by atoms with Crippen molar-refractivity contribution in [3.8, 4) is 5.75 Å². The van der Waals surface area contributed by atoms with Crippen LogP contribution in [0.3, 0.4) is 0 Å². The van der Waals surface area contributed by atoms with Crippen molar-refractivity contribution in [2.45, 2.75) is 32.2 Å². The molecular weight excluding hydrogens is 364 g/mol. The Kier molecular flexibility index (Phi) is 6.98. The van der Waals surface area contributed by atoms with Gasteiger partial charge in [0.25, 0.3) is 0 Å². The second kappa shape index (κ2) is 9.01. The number of carbonyl (C=O) groups excluding carboxylic acids is 1. The van der Waals surface area contributed by atoms with Crippen LogP contribution >= 0.6 is 0 Å². The molecule has 0 aliphatic rings. The Balaban J connectivity index is 1.98. The fourth-order valence-electron chi connectivity index (χ4n) is 2.58. The van der Waals surface area contributed by atoms with E-state index in [1.807, 2.05) is 38.1 Å². The van der Waals surface area contributed by atoms with E-state index < -0.39 is 10.0 Å². The van der Waals surface area contributed by atoms with Crippen molar-refractivity contribution in [2.24, 2.45) is 0 Å². The summed E-state index contributed by atoms with van der Waals surface area (Å²) < 4.78 is 32.6. The van der Waals surface area contributed by atoms with Gasteiger partial charge in [0.05, 0.1) is 12.0 Å². The monoisotopic (exact) mass is 390 g/mol. The number of nitrogens with zero attached hydrogens (tertiary/aromatic N) is 1. The van der Waals surface area contributed by atoms with Crippen LogP contribution in [0.15, 0.2) is 47.4 Å². The first kappa shape index (κ1) is 20.9. The summed E-state index contributed by atoms with van der Waals surface area (Å²) in [5.74, 6) is 0.630. The molecular formula is C20H26N2O4S. The normalized spacial score (nSPS) is 11.3. The molecule has 2 aromatic rings. The molecule has 0 saturated heterocycles. The van der Waals surface area contributed by atoms with Gasteiger partial charge >= 0.3 is 0 Å². The van der Waals surface area contributed by atoms with Gasteiger partial charge in [-0.1, -0.05) is 18.2 Å². The number of ether oxygens (including phenoxy) is 1. The van der Waals surface area contributed by atoms with Gasteiger partial charge in [-0.05, 0) is 54.8 Å². The zero-order valence-corrected chi connectivity index (χ0v) is 17.0. The molecule has 0 unspecified atom stereocenters. The molecule has 2 rings (SSSR count). The van der Waals surface area contributed by atoms with E-state index in [2.05, 4.69) is 4.72 Å². The SMILES string of the molecule is COc1ccc(CN(CCNS(=O)(=O)c2ccc(C)c(C)c2)C(C)=O)cc1. The molecule has 0 radical (unpaired) electrons. The van der Waals surface area contributed by atoms with Gasteiger partial charge in [0.1, 0.15) is 5.75 Å². The highest BCUT2D eigenvalue weighted by Gasteiger charge is 2.16. The van der Waals surface area contributed by atoms with Crippen LogP contribution in [0.5, 0.6) is 5.75 Å². The first-order valence-corrected chi connectivity index (χ1v) is 10.2. The standard InChI is InChI=1S/C20H26N2O4S/c1-15-5-10-20(13-16(15)2)27(24,25)21-11-12-22(17(3)23)14-18-6-8-19(26-4)9-7-18/h5-10,13,21H,11-12,14H2,1-4H3. The maximum absolute atomic E-state index is 12.4. The second-order valence-electron chi connectivity index (χ2n) is 6.43. The van der Waals surface area contributed by atoms with Crippen molar-refractivity contribution < 1.29 is 17.9 Å². The van der Waals surface area contributed by atoms with Crippen LogP contribution in [0.25, 0.3) is 0 Å². The third kappa shape index (κ3) is 5.80. The van der Waals surface area contributed by atoms with Crippen LogP contribution in [0.4, 0.5) is 0 Å². The molecule has 2 aromatic carbocycles. The largest absolute Gasteiger partial charge is 0.497 e. The van der Waals surface area contributed by atoms with E-state index in [0.717, 1.165) is 22.4 Å². The number of hydrogen-bond donors (Lipinski definition) is 1. The van der Waals surface area contributed by atoms with E-state index in [1.54, 1.807) is 30.2 Å². The van der Waals surface area contributed by atoms with E-state index in [0.29, 0.717) is 6.54 Å². The molecule has 0 bridgehead atoms. The number of carbonyl (C=O) groups is 1. The van der Waals surface area contributed by atoms with E-state index in [-0.39, 0.29) is 23.9 Å². The van der Waals surface area contributed by atoms with Crippen molar-refractivity contribution in [3.63, 3.8) is 0 Å². The quantitative estimate of drug-likeness (QED) is 0.752. The molecule has 0 fully saturated rings. The minimum absolute atomic E-state index is 0.115. The number of methoxy groups -OCH3 is 1. The number of benzene rings is 2. The summed E-state index contributed by atoms with van der Waals surface area (Å²) in [6, 6.07) is 12.5. The minimum atomic E-state index is -3.61. The molecule has 1 amide bonds. The van der Waals surface area contributed by atoms with Crippen LogP contribution in [-0.2, 0) is 21.4 Å². The van der Waals surface area contributed by atoms with Gasteiger partial charge in [-0.15, -0.1) is 0 Å². The first-order chi connectivity index (χ1) is 12.7. The van der Waals surface area contributed by atoms with E-state index in [1.165, 1.54) is 6.92 Å². The summed E-state index contributed by atoms with van der Waals surface area (Å²) in [7, 11) is -2.01. The van der Waals surface area contributed by atoms with Crippen molar-refractivity contribution in [1.82, 2.24) is 9.62 Å². The lowest BCUT2D eigenvalue weighted by Crippen LogP contribution is -2.37. The van der Waals surface area contributed by atoms with Crippen LogP contribution in [0.1, 0.15) is 23.6 Å². The smallest absolute Gasteiger partial charge is 0.240 e. The second-order valence-corrected chi connectivity index (χ2v) is 8.20. The number of rotatable bonds is 8. The molecule has 0 aromatic heterocycles. The van der Waals surface area contributed by atoms with Gasteiger partial charge in [0.15, 0.2) is 0 Å². The predicted octanol–water partition coefficient (Wildman–Crippen LogP) is 2.64. The number of hydrogen-bond acceptors (Lipinski definition) is 4. The highest BCUT2D eigenvalue weighted by molar-refractivity contribution is 7.89. The Morgan fingerprint density at radius 1 is 1.07 bits per heavy atom. The summed E-state index contributed by atoms with van der Waals surface area (Å²) in [6.45, 7) is 6.12. The van der Waals surface area contributed by atoms with Gasteiger partial charge in [0.2, 0.25) is 15.9 Å². The fraction of sp³-hybridized carbons (Fsp3) is 0.350. The maximum atomic E-state index is 12.4. The topological polar surface area (TPSA) is 75.7 Å². The molecule has 146 valence electrons. The van der Waals surface area contributed by atoms with Crippen LogP contribution in [0, 0.1) is 13.8 Å². The third-order valence-corrected chi connectivity index (χ3v) is 5.90. The van der Waals surface area contributed by atoms with E-state index in [9.17, 15) is 13.2 Å². The summed E-state index contributed by atoms with van der Waals surface area (Å²) in [5.41, 5.74) is 2.90. The van der Waals surface area contributed by atoms with Gasteiger partial charge < -0.3 is 9.64 Å². The summed E-state index contributed by atoms with van der Waals surface area (Å²) >= 11 is 0. The summed E-state index contributed by atoms with van der Waals surface area (Å²) in [6.07, 6.45) is 0. The number of nitrogens with one attached hydrogen (secondary N) is 1. The van der Waals surface area contributed by atoms with Crippen molar-refractivity contribution in [2.75, 3.05) is 20.2 Å². The zero-order valence-electron chi connectivity index (χ0n) is 16.2. The number of amides is 1. The Labute approximate surface area is 161 Å². The van der Waals surface area contributed by atoms with Crippen LogP contribution in [-0.4, -0.2) is 39.4 Å². The number of sulfonamides is 1. The van der Waals surface area contributed by atoms with Gasteiger partial charge in [0, 0.05) is 26.6 Å². The van der Waals surface area contributed by atoms with Gasteiger partial charge in [-0.2, -0.15) is 0 Å². The molecule has 6 nitrogen and oxygen atoms in total. The fourth-order valence-corrected chi connectivity index (χ4v) is 3.68. The molecule has 0 heterocycles. The molecule has 0 atom stereocenters. The zero-order chi connectivity index (χ0) is 20.0. The van der Waals surface area contributed by atoms with E-state index in [4.69, 9.17) is 4.74 Å². The van der Waals surface area contributed by atoms with Crippen molar-refractivity contribution in [3.05, 3.63) is 59.2 Å². The van der Waals surface area contributed by atoms with Crippen LogP contribution in [0.2, 0.25) is 0 Å². The lowest BCUT2D eigenvalue weighted by Gasteiger charge is -2.21. The first-order valence-electron chi connectivity index (χ1n) is 8.68. The molecule has 0 spiro atoms. The van der Waals surface area contributed by atoms with E-state index >= 15 is 0 Å². The molecule has 0 aliphatic heterocycles. The highest BCUT2D eigenvalue weighted by atomic mass is 32.2. The minimum Gasteiger partial charge on any atom is -0.497 e. The van der Waals surface area contributed by atoms with Gasteiger partial charge in [-0.3, -0.25) is 4.79 Å². The third-order valence-electron chi connectivity index (χ3n) is 4.44. The Hall–Kier alpha value is -2.38. The Morgan fingerprint density at radius 3 is 2.30 bits per heavy atom. The maximum Gasteiger partial charge on any atom is 0.240 e. The van der Waals surface area contributed by atoms with Crippen LogP contribution < -0.4 is 9.46 Å². The van der Waals surface area contributed by atoms with Crippen molar-refractivity contribution in [1.29, 1.82) is 0 Å². The Bertz CT molecular complexity index is 893. The average molecular weight is 391 g/mol. The molecule has 7 heteroatoms. The van der Waals surface area contributed by atoms with Crippen molar-refractivity contribution >= 4 is 15.9 Å². The summed E-state index contributed by atoms with van der Waals surface area (Å²) in [5, 5.41) is 0.